The number of piperazine rings is 1. The summed E-state index contributed by atoms with van der Waals surface area (Å²) in [5.74, 6) is -0.652. The fraction of sp³-hybridized carbons (Fsp3) is 0.565. The Morgan fingerprint density at radius 2 is 1.71 bits per heavy atom. The maximum atomic E-state index is 13.3. The third-order valence-corrected chi connectivity index (χ3v) is 6.54. The lowest BCUT2D eigenvalue weighted by Gasteiger charge is -2.34. The number of nitrogens with one attached hydrogen (secondary N) is 1. The van der Waals surface area contributed by atoms with Gasteiger partial charge in [0.15, 0.2) is 0 Å². The average Bonchev–Trinajstić information content (AvgIpc) is 3.31. The monoisotopic (exact) mass is 513 g/mol. The normalized spacial score (nSPS) is 14.2. The number of benzene rings is 1. The van der Waals surface area contributed by atoms with Gasteiger partial charge in [-0.1, -0.05) is 56.3 Å². The Kier molecular flexibility index (Phi) is 9.70. The van der Waals surface area contributed by atoms with Crippen molar-refractivity contribution < 1.29 is 27.5 Å². The Morgan fingerprint density at radius 3 is 2.43 bits per heavy atom. The molecule has 0 spiro atoms. The van der Waals surface area contributed by atoms with Crippen molar-refractivity contribution in [3.8, 4) is 5.19 Å². The Bertz CT molecular complexity index is 977. The summed E-state index contributed by atoms with van der Waals surface area (Å²) in [6.45, 7) is 3.92. The molecule has 2 heterocycles. The van der Waals surface area contributed by atoms with Gasteiger partial charge in [-0.25, -0.2) is 4.79 Å². The number of hydrogen-bond acceptors (Lipinski definition) is 7. The zero-order chi connectivity index (χ0) is 25.3. The molecule has 0 bridgehead atoms. The predicted molar refractivity (Wildman–Crippen MR) is 127 cm³/mol. The van der Waals surface area contributed by atoms with E-state index in [1.165, 1.54) is 42.4 Å². The second-order valence-corrected chi connectivity index (χ2v) is 9.18. The summed E-state index contributed by atoms with van der Waals surface area (Å²) >= 11 is 1.10. The van der Waals surface area contributed by atoms with Crippen LogP contribution in [0.2, 0.25) is 0 Å². The highest BCUT2D eigenvalue weighted by Crippen LogP contribution is 2.33. The van der Waals surface area contributed by atoms with Gasteiger partial charge in [-0.2, -0.15) is 13.2 Å². The number of aromatic nitrogens is 2. The first kappa shape index (κ1) is 26.7. The molecule has 3 rings (SSSR count). The fourth-order valence-corrected chi connectivity index (χ4v) is 4.52. The number of halogens is 3. The summed E-state index contributed by atoms with van der Waals surface area (Å²) in [7, 11) is 0. The van der Waals surface area contributed by atoms with Crippen molar-refractivity contribution in [3.05, 3.63) is 35.4 Å². The Hall–Kier alpha value is -2.89. The largest absolute Gasteiger partial charge is 0.417 e. The number of alkyl halides is 3. The molecule has 0 atom stereocenters. The second kappa shape index (κ2) is 12.7. The molecular formula is C23H30F3N5O3S. The number of ether oxygens (including phenoxy) is 1. The number of carbonyl (C=O) groups is 2. The van der Waals surface area contributed by atoms with Crippen LogP contribution in [-0.2, 0) is 6.18 Å². The highest BCUT2D eigenvalue weighted by molar-refractivity contribution is 7.17. The van der Waals surface area contributed by atoms with Crippen molar-refractivity contribution in [2.45, 2.75) is 51.6 Å². The maximum Gasteiger partial charge on any atom is 0.417 e. The molecule has 0 aliphatic carbocycles. The zero-order valence-electron chi connectivity index (χ0n) is 19.6. The molecule has 2 aromatic rings. The molecule has 1 aromatic heterocycles. The molecular weight excluding hydrogens is 483 g/mol. The van der Waals surface area contributed by atoms with E-state index in [1.807, 2.05) is 4.90 Å². The standard InChI is InChI=1S/C23H30F3N5O3S/c1-2-3-4-5-6-9-12-27-21(33)34-22-29-28-20(35-22)31-15-13-30(14-16-31)19(32)17-10-7-8-11-18(17)23(24,25)26/h7-8,10-11H,2-6,9,12-16H2,1H3,(H,27,33). The molecule has 0 radical (unpaired) electrons. The van der Waals surface area contributed by atoms with Crippen molar-refractivity contribution in [2.24, 2.45) is 0 Å². The molecule has 1 N–H and O–H groups in total. The van der Waals surface area contributed by atoms with Gasteiger partial charge < -0.3 is 19.9 Å². The first-order valence-corrected chi connectivity index (χ1v) is 12.6. The van der Waals surface area contributed by atoms with E-state index in [2.05, 4.69) is 22.4 Å². The summed E-state index contributed by atoms with van der Waals surface area (Å²) < 4.78 is 45.0. The van der Waals surface area contributed by atoms with Crippen LogP contribution in [0.5, 0.6) is 5.19 Å². The first-order valence-electron chi connectivity index (χ1n) is 11.8. The summed E-state index contributed by atoms with van der Waals surface area (Å²) in [6, 6.07) is 4.80. The van der Waals surface area contributed by atoms with Crippen LogP contribution in [0.3, 0.4) is 0 Å². The van der Waals surface area contributed by atoms with Gasteiger partial charge >= 0.3 is 17.5 Å². The van der Waals surface area contributed by atoms with Gasteiger partial charge in [0, 0.05) is 32.7 Å². The van der Waals surface area contributed by atoms with Crippen LogP contribution >= 0.6 is 11.3 Å². The van der Waals surface area contributed by atoms with Crippen molar-refractivity contribution in [3.63, 3.8) is 0 Å². The molecule has 1 aromatic carbocycles. The highest BCUT2D eigenvalue weighted by Gasteiger charge is 2.36. The number of hydrogen-bond donors (Lipinski definition) is 1. The number of anilines is 1. The predicted octanol–water partition coefficient (Wildman–Crippen LogP) is 4.97. The topological polar surface area (TPSA) is 87.7 Å². The van der Waals surface area contributed by atoms with Crippen molar-refractivity contribution in [1.82, 2.24) is 20.4 Å². The van der Waals surface area contributed by atoms with Crippen LogP contribution in [0.25, 0.3) is 0 Å². The van der Waals surface area contributed by atoms with Gasteiger partial charge in [0.1, 0.15) is 0 Å². The molecule has 1 aliphatic rings. The minimum absolute atomic E-state index is 0.109. The van der Waals surface area contributed by atoms with Crippen molar-refractivity contribution >= 4 is 28.5 Å². The second-order valence-electron chi connectivity index (χ2n) is 8.26. The number of nitrogens with zero attached hydrogens (tertiary/aromatic N) is 4. The molecule has 0 unspecified atom stereocenters. The number of rotatable bonds is 10. The molecule has 1 aliphatic heterocycles. The van der Waals surface area contributed by atoms with Crippen LogP contribution in [-0.4, -0.2) is 59.8 Å². The van der Waals surface area contributed by atoms with E-state index < -0.39 is 23.7 Å². The van der Waals surface area contributed by atoms with E-state index in [9.17, 15) is 22.8 Å². The lowest BCUT2D eigenvalue weighted by atomic mass is 10.1. The van der Waals surface area contributed by atoms with Gasteiger partial charge in [-0.05, 0) is 29.9 Å². The third kappa shape index (κ3) is 7.81. The Labute approximate surface area is 206 Å². The maximum absolute atomic E-state index is 13.3. The molecule has 0 saturated carbocycles. The van der Waals surface area contributed by atoms with Gasteiger partial charge in [0.2, 0.25) is 5.13 Å². The Morgan fingerprint density at radius 1 is 1.03 bits per heavy atom. The highest BCUT2D eigenvalue weighted by atomic mass is 32.1. The molecule has 12 heteroatoms. The number of unbranched alkanes of at least 4 members (excludes halogenated alkanes) is 5. The van der Waals surface area contributed by atoms with Crippen LogP contribution in [0.4, 0.5) is 23.1 Å². The van der Waals surface area contributed by atoms with Crippen LogP contribution in [0.15, 0.2) is 24.3 Å². The smallest absolute Gasteiger partial charge is 0.380 e. The van der Waals surface area contributed by atoms with E-state index in [0.29, 0.717) is 24.8 Å². The van der Waals surface area contributed by atoms with E-state index in [4.69, 9.17) is 4.74 Å². The zero-order valence-corrected chi connectivity index (χ0v) is 20.5. The lowest BCUT2D eigenvalue weighted by Crippen LogP contribution is -2.49. The van der Waals surface area contributed by atoms with E-state index in [1.54, 1.807) is 0 Å². The molecule has 2 amide bonds. The molecule has 35 heavy (non-hydrogen) atoms. The van der Waals surface area contributed by atoms with Gasteiger partial charge in [0.05, 0.1) is 11.1 Å². The fourth-order valence-electron chi connectivity index (χ4n) is 3.77. The van der Waals surface area contributed by atoms with Crippen LogP contribution in [0, 0.1) is 0 Å². The van der Waals surface area contributed by atoms with Gasteiger partial charge in [-0.15, -0.1) is 5.10 Å². The summed E-state index contributed by atoms with van der Waals surface area (Å²) in [4.78, 5) is 27.9. The minimum atomic E-state index is -4.60. The average molecular weight is 514 g/mol. The van der Waals surface area contributed by atoms with E-state index in [-0.39, 0.29) is 23.8 Å². The minimum Gasteiger partial charge on any atom is -0.380 e. The Balaban J connectivity index is 1.44. The SMILES string of the molecule is CCCCCCCCNC(=O)Oc1nnc(N2CCN(C(=O)c3ccccc3C(F)(F)F)CC2)s1. The number of carbonyl (C=O) groups excluding carboxylic acids is 2. The van der Waals surface area contributed by atoms with E-state index in [0.717, 1.165) is 36.7 Å². The van der Waals surface area contributed by atoms with Crippen LogP contribution in [0.1, 0.15) is 61.4 Å². The van der Waals surface area contributed by atoms with Crippen molar-refractivity contribution in [2.75, 3.05) is 37.6 Å². The van der Waals surface area contributed by atoms with Gasteiger partial charge in [-0.3, -0.25) is 4.79 Å². The molecule has 1 fully saturated rings. The molecule has 1 saturated heterocycles. The lowest BCUT2D eigenvalue weighted by molar-refractivity contribution is -0.138. The third-order valence-electron chi connectivity index (χ3n) is 5.68. The summed E-state index contributed by atoms with van der Waals surface area (Å²) in [5.41, 5.74) is -1.29. The number of amides is 2. The van der Waals surface area contributed by atoms with Crippen LogP contribution < -0.4 is 15.0 Å². The summed E-state index contributed by atoms with van der Waals surface area (Å²) in [5, 5.41) is 11.3. The van der Waals surface area contributed by atoms with E-state index >= 15 is 0 Å². The molecule has 192 valence electrons. The summed E-state index contributed by atoms with van der Waals surface area (Å²) in [6.07, 6.45) is 1.54. The first-order chi connectivity index (χ1) is 16.8. The van der Waals surface area contributed by atoms with Crippen molar-refractivity contribution in [1.29, 1.82) is 0 Å². The van der Waals surface area contributed by atoms with Gasteiger partial charge in [0.25, 0.3) is 5.91 Å². The molecule has 8 nitrogen and oxygen atoms in total. The quantitative estimate of drug-likeness (QED) is 0.452.